The van der Waals surface area contributed by atoms with Crippen molar-refractivity contribution in [3.8, 4) is 11.8 Å². The smallest absolute Gasteiger partial charge is 0.255 e. The first-order valence-corrected chi connectivity index (χ1v) is 10.3. The van der Waals surface area contributed by atoms with Crippen LogP contribution in [0.25, 0.3) is 0 Å². The third kappa shape index (κ3) is 4.18. The molecule has 31 heavy (non-hydrogen) atoms. The van der Waals surface area contributed by atoms with Gasteiger partial charge in [-0.25, -0.2) is 0 Å². The molecule has 2 aliphatic heterocycles. The molecule has 0 radical (unpaired) electrons. The first-order valence-electron chi connectivity index (χ1n) is 10.3. The molecule has 1 aromatic heterocycles. The lowest BCUT2D eigenvalue weighted by atomic mass is 9.73. The molecule has 4 rings (SSSR count). The van der Waals surface area contributed by atoms with Crippen LogP contribution in [0.1, 0.15) is 27.4 Å². The number of aliphatic hydroxyl groups is 1. The Hall–Kier alpha value is -3.21. The lowest BCUT2D eigenvalue weighted by Gasteiger charge is -2.58. The topological polar surface area (TPSA) is 77.0 Å². The molecule has 2 saturated heterocycles. The second-order valence-electron chi connectivity index (χ2n) is 8.23. The lowest BCUT2D eigenvalue weighted by molar-refractivity contribution is -0.159. The fraction of sp³-hybridized carbons (Fsp3) is 0.375. The van der Waals surface area contributed by atoms with Crippen molar-refractivity contribution in [2.45, 2.75) is 18.0 Å². The molecule has 7 heteroatoms. The summed E-state index contributed by atoms with van der Waals surface area (Å²) in [4.78, 5) is 35.0. The zero-order valence-corrected chi connectivity index (χ0v) is 17.7. The van der Waals surface area contributed by atoms with Crippen LogP contribution >= 0.6 is 0 Å². The van der Waals surface area contributed by atoms with Crippen LogP contribution in [-0.2, 0) is 4.79 Å². The molecule has 0 bridgehead atoms. The number of aromatic nitrogens is 1. The Morgan fingerprint density at radius 1 is 1.26 bits per heavy atom. The van der Waals surface area contributed by atoms with Crippen LogP contribution < -0.4 is 0 Å². The summed E-state index contributed by atoms with van der Waals surface area (Å²) in [5.41, 5.74) is 2.44. The number of nitrogens with zero attached hydrogens (tertiary/aromatic N) is 4. The maximum atomic E-state index is 12.9. The minimum Gasteiger partial charge on any atom is -0.394 e. The van der Waals surface area contributed by atoms with E-state index in [-0.39, 0.29) is 43.0 Å². The highest BCUT2D eigenvalue weighted by atomic mass is 16.3. The molecular formula is C24H26N4O3. The predicted molar refractivity (Wildman–Crippen MR) is 116 cm³/mol. The molecule has 160 valence electrons. The van der Waals surface area contributed by atoms with Crippen molar-refractivity contribution >= 4 is 11.8 Å². The number of pyridine rings is 1. The SMILES string of the molecule is CN(C)CC#Cc1ccc([C@H]2[C@@H](CO)N3C(=O)CN(C(=O)c4cccnc4)C[C@H]23)cc1. The standard InChI is InChI=1S/C24H26N4O3/c1-26(2)12-4-5-17-7-9-18(10-8-17)23-20-14-27(15-22(30)28(20)21(23)16-29)24(31)19-6-3-11-25-13-19/h3,6-11,13,20-21,23,29H,12,14-16H2,1-2H3/t20-,21-,23-/m1/s1. The molecule has 0 aliphatic carbocycles. The number of aliphatic hydroxyl groups excluding tert-OH is 1. The van der Waals surface area contributed by atoms with Crippen LogP contribution in [0, 0.1) is 11.8 Å². The van der Waals surface area contributed by atoms with Crippen LogP contribution in [0.2, 0.25) is 0 Å². The zero-order valence-electron chi connectivity index (χ0n) is 17.7. The Labute approximate surface area is 182 Å². The monoisotopic (exact) mass is 418 g/mol. The van der Waals surface area contributed by atoms with Gasteiger partial charge in [-0.1, -0.05) is 24.0 Å². The van der Waals surface area contributed by atoms with E-state index < -0.39 is 0 Å². The highest BCUT2D eigenvalue weighted by Crippen LogP contribution is 2.43. The van der Waals surface area contributed by atoms with Crippen LogP contribution in [0.4, 0.5) is 0 Å². The molecule has 1 aromatic carbocycles. The molecule has 0 saturated carbocycles. The number of benzene rings is 1. The Kier molecular flexibility index (Phi) is 6.03. The molecule has 2 aliphatic rings. The van der Waals surface area contributed by atoms with Crippen molar-refractivity contribution in [2.24, 2.45) is 0 Å². The van der Waals surface area contributed by atoms with E-state index in [0.29, 0.717) is 18.7 Å². The molecule has 0 unspecified atom stereocenters. The molecule has 3 heterocycles. The molecule has 2 fully saturated rings. The molecule has 2 aromatic rings. The van der Waals surface area contributed by atoms with Crippen LogP contribution in [0.5, 0.6) is 0 Å². The van der Waals surface area contributed by atoms with Gasteiger partial charge < -0.3 is 14.9 Å². The summed E-state index contributed by atoms with van der Waals surface area (Å²) in [6, 6.07) is 11.0. The Balaban J connectivity index is 1.52. The van der Waals surface area contributed by atoms with Crippen molar-refractivity contribution in [2.75, 3.05) is 40.3 Å². The van der Waals surface area contributed by atoms with E-state index in [4.69, 9.17) is 0 Å². The maximum absolute atomic E-state index is 12.9. The number of carbonyl (C=O) groups is 2. The molecule has 1 N–H and O–H groups in total. The number of rotatable bonds is 4. The number of amides is 2. The fourth-order valence-corrected chi connectivity index (χ4v) is 4.41. The first kappa shape index (κ1) is 21.0. The van der Waals surface area contributed by atoms with E-state index in [1.165, 1.54) is 6.20 Å². The highest BCUT2D eigenvalue weighted by Gasteiger charge is 2.54. The summed E-state index contributed by atoms with van der Waals surface area (Å²) in [5, 5.41) is 9.94. The molecule has 2 amide bonds. The summed E-state index contributed by atoms with van der Waals surface area (Å²) in [6.07, 6.45) is 3.13. The average molecular weight is 418 g/mol. The average Bonchev–Trinajstić information content (AvgIpc) is 2.76. The zero-order chi connectivity index (χ0) is 22.0. The largest absolute Gasteiger partial charge is 0.394 e. The highest BCUT2D eigenvalue weighted by molar-refractivity contribution is 5.97. The van der Waals surface area contributed by atoms with Crippen molar-refractivity contribution < 1.29 is 14.7 Å². The van der Waals surface area contributed by atoms with E-state index in [9.17, 15) is 14.7 Å². The predicted octanol–water partition coefficient (Wildman–Crippen LogP) is 0.806. The molecule has 3 atom stereocenters. The van der Waals surface area contributed by atoms with Crippen LogP contribution in [-0.4, -0.2) is 89.0 Å². The van der Waals surface area contributed by atoms with E-state index in [1.807, 2.05) is 43.3 Å². The number of hydrogen-bond donors (Lipinski definition) is 1. The lowest BCUT2D eigenvalue weighted by Crippen LogP contribution is -2.73. The van der Waals surface area contributed by atoms with Gasteiger partial charge in [-0.15, -0.1) is 0 Å². The van der Waals surface area contributed by atoms with E-state index >= 15 is 0 Å². The minimum absolute atomic E-state index is 0.0217. The van der Waals surface area contributed by atoms with E-state index in [0.717, 1.165) is 11.1 Å². The minimum atomic E-state index is -0.265. The Morgan fingerprint density at radius 3 is 2.68 bits per heavy atom. The fourth-order valence-electron chi connectivity index (χ4n) is 4.41. The van der Waals surface area contributed by atoms with Crippen LogP contribution in [0.15, 0.2) is 48.8 Å². The van der Waals surface area contributed by atoms with Gasteiger partial charge in [-0.05, 0) is 43.9 Å². The summed E-state index contributed by atoms with van der Waals surface area (Å²) in [7, 11) is 3.95. The van der Waals surface area contributed by atoms with Crippen molar-refractivity contribution in [3.63, 3.8) is 0 Å². The summed E-state index contributed by atoms with van der Waals surface area (Å²) in [5.74, 6) is 5.91. The van der Waals surface area contributed by atoms with Gasteiger partial charge in [0.2, 0.25) is 5.91 Å². The normalized spacial score (nSPS) is 22.5. The summed E-state index contributed by atoms with van der Waals surface area (Å²) < 4.78 is 0. The molecule has 7 nitrogen and oxygen atoms in total. The first-order chi connectivity index (χ1) is 15.0. The van der Waals surface area contributed by atoms with Crippen LogP contribution in [0.3, 0.4) is 0 Å². The van der Waals surface area contributed by atoms with Gasteiger partial charge >= 0.3 is 0 Å². The van der Waals surface area contributed by atoms with Crippen molar-refractivity contribution in [3.05, 3.63) is 65.5 Å². The molecule has 0 spiro atoms. The second kappa shape index (κ2) is 8.88. The van der Waals surface area contributed by atoms with Gasteiger partial charge in [0.1, 0.15) is 6.54 Å². The van der Waals surface area contributed by atoms with Crippen molar-refractivity contribution in [1.29, 1.82) is 0 Å². The Morgan fingerprint density at radius 2 is 2.03 bits per heavy atom. The van der Waals surface area contributed by atoms with Crippen molar-refractivity contribution in [1.82, 2.24) is 19.7 Å². The number of piperazine rings is 1. The summed E-state index contributed by atoms with van der Waals surface area (Å²) in [6.45, 7) is 1.05. The third-order valence-corrected chi connectivity index (χ3v) is 5.87. The van der Waals surface area contributed by atoms with Gasteiger partial charge in [-0.2, -0.15) is 0 Å². The number of fused-ring (bicyclic) bond motifs is 1. The van der Waals surface area contributed by atoms with E-state index in [2.05, 4.69) is 16.8 Å². The maximum Gasteiger partial charge on any atom is 0.255 e. The third-order valence-electron chi connectivity index (χ3n) is 5.87. The second-order valence-corrected chi connectivity index (χ2v) is 8.23. The van der Waals surface area contributed by atoms with Gasteiger partial charge in [0.15, 0.2) is 0 Å². The van der Waals surface area contributed by atoms with E-state index in [1.54, 1.807) is 28.1 Å². The van der Waals surface area contributed by atoms with Gasteiger partial charge in [-0.3, -0.25) is 19.5 Å². The van der Waals surface area contributed by atoms with Gasteiger partial charge in [0.05, 0.1) is 30.8 Å². The number of hydrogen-bond acceptors (Lipinski definition) is 5. The molecular weight excluding hydrogens is 392 g/mol. The number of carbonyl (C=O) groups excluding carboxylic acids is 2. The quantitative estimate of drug-likeness (QED) is 0.744. The van der Waals surface area contributed by atoms with Gasteiger partial charge in [0.25, 0.3) is 5.91 Å². The van der Waals surface area contributed by atoms with Gasteiger partial charge in [0, 0.05) is 30.4 Å². The Bertz CT molecular complexity index is 1010. The summed E-state index contributed by atoms with van der Waals surface area (Å²) >= 11 is 0.